The van der Waals surface area contributed by atoms with Crippen LogP contribution in [0.1, 0.15) is 86.0 Å². The number of carbonyl (C=O) groups is 6. The van der Waals surface area contributed by atoms with Gasteiger partial charge in [0, 0.05) is 33.1 Å². The average Bonchev–Trinajstić information content (AvgIpc) is 3.34. The van der Waals surface area contributed by atoms with Gasteiger partial charge in [-0.1, -0.05) is 19.4 Å². The molecular formula is C34H46O12. The molecule has 1 saturated heterocycles. The molecule has 0 bridgehead atoms. The smallest absolute Gasteiger partial charge is 0.339 e. The van der Waals surface area contributed by atoms with E-state index >= 15 is 0 Å². The molecule has 0 aromatic heterocycles. The minimum atomic E-state index is -1.59. The largest absolute Gasteiger partial charge is 0.467 e. The number of fused-ring (bicyclic) bond motifs is 5. The minimum absolute atomic E-state index is 0.0338. The fraction of sp³-hybridized carbons (Fsp3) is 0.765. The van der Waals surface area contributed by atoms with Gasteiger partial charge in [0.05, 0.1) is 7.11 Å². The van der Waals surface area contributed by atoms with Crippen LogP contribution in [0.25, 0.3) is 0 Å². The van der Waals surface area contributed by atoms with Crippen LogP contribution in [0.4, 0.5) is 0 Å². The Bertz CT molecular complexity index is 1300. The highest BCUT2D eigenvalue weighted by atomic mass is 16.7. The highest BCUT2D eigenvalue weighted by molar-refractivity contribution is 5.91. The first-order valence-corrected chi connectivity index (χ1v) is 16.3. The lowest BCUT2D eigenvalue weighted by atomic mass is 9.46. The Morgan fingerprint density at radius 2 is 1.48 bits per heavy atom. The number of methoxy groups -OCH3 is 1. The summed E-state index contributed by atoms with van der Waals surface area (Å²) in [5, 5.41) is 0. The van der Waals surface area contributed by atoms with Crippen molar-refractivity contribution in [2.75, 3.05) is 13.7 Å². The second kappa shape index (κ2) is 13.2. The summed E-state index contributed by atoms with van der Waals surface area (Å²) < 4.78 is 32.8. The van der Waals surface area contributed by atoms with Gasteiger partial charge in [-0.3, -0.25) is 24.0 Å². The topological polar surface area (TPSA) is 158 Å². The second-order valence-electron chi connectivity index (χ2n) is 14.1. The highest BCUT2D eigenvalue weighted by Crippen LogP contribution is 2.66. The maximum absolute atomic E-state index is 13.9. The third-order valence-electron chi connectivity index (χ3n) is 11.6. The Balaban J connectivity index is 1.33. The van der Waals surface area contributed by atoms with Crippen molar-refractivity contribution < 1.29 is 57.2 Å². The normalized spacial score (nSPS) is 39.9. The van der Waals surface area contributed by atoms with Crippen LogP contribution >= 0.6 is 0 Å². The van der Waals surface area contributed by atoms with E-state index in [1.165, 1.54) is 5.57 Å². The van der Waals surface area contributed by atoms with Crippen LogP contribution in [0, 0.1) is 34.5 Å². The van der Waals surface area contributed by atoms with Crippen molar-refractivity contribution in [3.63, 3.8) is 0 Å². The molecule has 3 saturated carbocycles. The summed E-state index contributed by atoms with van der Waals surface area (Å²) in [6.07, 6.45) is 1.34. The predicted octanol–water partition coefficient (Wildman–Crippen LogP) is 3.41. The minimum Gasteiger partial charge on any atom is -0.467 e. The molecule has 1 aliphatic heterocycles. The molecule has 46 heavy (non-hydrogen) atoms. The summed E-state index contributed by atoms with van der Waals surface area (Å²) in [6.45, 7) is 7.50. The van der Waals surface area contributed by atoms with Crippen LogP contribution in [0.15, 0.2) is 11.6 Å². The molecule has 0 amide bonds. The van der Waals surface area contributed by atoms with Crippen LogP contribution in [-0.4, -0.2) is 79.9 Å². The first-order valence-electron chi connectivity index (χ1n) is 16.3. The number of rotatable bonds is 8. The van der Waals surface area contributed by atoms with Gasteiger partial charge in [0.15, 0.2) is 42.3 Å². The van der Waals surface area contributed by atoms with Gasteiger partial charge in [-0.25, -0.2) is 4.79 Å². The Kier molecular flexibility index (Phi) is 9.80. The van der Waals surface area contributed by atoms with E-state index in [1.807, 2.05) is 6.08 Å². The van der Waals surface area contributed by atoms with Crippen LogP contribution < -0.4 is 0 Å². The fourth-order valence-electron chi connectivity index (χ4n) is 9.57. The number of esters is 4. The molecule has 1 heterocycles. The molecule has 0 unspecified atom stereocenters. The number of ether oxygens (including phenoxy) is 6. The van der Waals surface area contributed by atoms with Crippen LogP contribution in [0.5, 0.6) is 0 Å². The lowest BCUT2D eigenvalue weighted by molar-refractivity contribution is -0.300. The Morgan fingerprint density at radius 3 is 2.13 bits per heavy atom. The summed E-state index contributed by atoms with van der Waals surface area (Å²) in [5.41, 5.74) is 1.11. The SMILES string of the molecule is COC(=O)[C@@H]1O[C@H](OCC(=O)[C@@H]2CC[C@@H]3[C@H]4CCC5=CC(=O)CC[C@]5(C)[C@@H]4CC[C@]32C)[C@@H](OC(C)=O)[C@H](OC(C)=O)[C@H]1OC(C)=O. The van der Waals surface area contributed by atoms with Gasteiger partial charge in [0.25, 0.3) is 0 Å². The molecule has 254 valence electrons. The third-order valence-corrected chi connectivity index (χ3v) is 11.6. The molecular weight excluding hydrogens is 600 g/mol. The lowest BCUT2D eigenvalue weighted by Gasteiger charge is -2.58. The lowest BCUT2D eigenvalue weighted by Crippen LogP contribution is -2.64. The van der Waals surface area contributed by atoms with Gasteiger partial charge in [-0.15, -0.1) is 0 Å². The summed E-state index contributed by atoms with van der Waals surface area (Å²) in [7, 11) is 1.11. The van der Waals surface area contributed by atoms with E-state index < -0.39 is 61.2 Å². The van der Waals surface area contributed by atoms with Gasteiger partial charge in [-0.05, 0) is 79.6 Å². The zero-order chi connectivity index (χ0) is 33.6. The van der Waals surface area contributed by atoms with Gasteiger partial charge in [0.2, 0.25) is 0 Å². The van der Waals surface area contributed by atoms with Crippen molar-refractivity contribution in [2.24, 2.45) is 34.5 Å². The van der Waals surface area contributed by atoms with E-state index in [-0.39, 0.29) is 28.3 Å². The van der Waals surface area contributed by atoms with Gasteiger partial charge >= 0.3 is 23.9 Å². The molecule has 5 rings (SSSR count). The molecule has 0 aromatic rings. The number of carbonyl (C=O) groups excluding carboxylic acids is 6. The van der Waals surface area contributed by atoms with Gasteiger partial charge in [-0.2, -0.15) is 0 Å². The molecule has 11 atom stereocenters. The van der Waals surface area contributed by atoms with Gasteiger partial charge in [0.1, 0.15) is 6.61 Å². The molecule has 0 N–H and O–H groups in total. The Morgan fingerprint density at radius 1 is 0.826 bits per heavy atom. The number of Topliss-reactive ketones (excluding diaryl/α,β-unsaturated/α-hetero) is 1. The molecule has 0 spiro atoms. The molecule has 0 aromatic carbocycles. The zero-order valence-corrected chi connectivity index (χ0v) is 27.5. The summed E-state index contributed by atoms with van der Waals surface area (Å²) >= 11 is 0. The van der Waals surface area contributed by atoms with Crippen molar-refractivity contribution in [2.45, 2.75) is 117 Å². The van der Waals surface area contributed by atoms with Crippen LogP contribution in [0.2, 0.25) is 0 Å². The quantitative estimate of drug-likeness (QED) is 0.280. The van der Waals surface area contributed by atoms with Gasteiger partial charge < -0.3 is 28.4 Å². The first kappa shape index (κ1) is 34.2. The van der Waals surface area contributed by atoms with Crippen molar-refractivity contribution in [3.8, 4) is 0 Å². The van der Waals surface area contributed by atoms with Crippen LogP contribution in [0.3, 0.4) is 0 Å². The predicted molar refractivity (Wildman–Crippen MR) is 158 cm³/mol. The maximum atomic E-state index is 13.9. The van der Waals surface area contributed by atoms with E-state index in [4.69, 9.17) is 28.4 Å². The number of ketones is 2. The first-order chi connectivity index (χ1) is 21.7. The maximum Gasteiger partial charge on any atom is 0.339 e. The average molecular weight is 647 g/mol. The monoisotopic (exact) mass is 646 g/mol. The Hall–Kier alpha value is -3.12. The van der Waals surface area contributed by atoms with Crippen molar-refractivity contribution >= 4 is 35.4 Å². The molecule has 12 heteroatoms. The van der Waals surface area contributed by atoms with E-state index in [0.29, 0.717) is 24.2 Å². The van der Waals surface area contributed by atoms with E-state index in [0.717, 1.165) is 72.8 Å². The Labute approximate surface area is 269 Å². The number of allylic oxidation sites excluding steroid dienone is 1. The summed E-state index contributed by atoms with van der Waals surface area (Å²) in [5.74, 6) is -2.12. The van der Waals surface area contributed by atoms with Crippen molar-refractivity contribution in [1.82, 2.24) is 0 Å². The molecule has 0 radical (unpaired) electrons. The summed E-state index contributed by atoms with van der Waals surface area (Å²) in [4.78, 5) is 75.0. The third kappa shape index (κ3) is 6.26. The van der Waals surface area contributed by atoms with E-state index in [9.17, 15) is 28.8 Å². The number of hydrogen-bond donors (Lipinski definition) is 0. The molecule has 5 aliphatic rings. The van der Waals surface area contributed by atoms with Crippen LogP contribution in [-0.2, 0) is 57.2 Å². The molecule has 12 nitrogen and oxygen atoms in total. The molecule has 4 fully saturated rings. The number of hydrogen-bond acceptors (Lipinski definition) is 12. The highest BCUT2D eigenvalue weighted by Gasteiger charge is 2.60. The molecule has 4 aliphatic carbocycles. The zero-order valence-electron chi connectivity index (χ0n) is 27.5. The fourth-order valence-corrected chi connectivity index (χ4v) is 9.57. The standard InChI is InChI=1S/C34H46O12/c1-17(35)43-27-28(44-18(2)36)30(45-19(3)37)32(46-29(27)31(40)41-6)42-16-26(39)25-10-9-23-22-8-7-20-15-21(38)11-13-33(20,4)24(22)12-14-34(23,25)5/h15,22-25,27-30,32H,7-14,16H2,1-6H3/t22-,23-,24-,25+,27-,28-,29-,30+,32+,33+,34-/m1/s1. The van der Waals surface area contributed by atoms with Crippen molar-refractivity contribution in [1.29, 1.82) is 0 Å². The summed E-state index contributed by atoms with van der Waals surface area (Å²) in [6, 6.07) is 0. The van der Waals surface area contributed by atoms with Crippen molar-refractivity contribution in [3.05, 3.63) is 11.6 Å². The second-order valence-corrected chi connectivity index (χ2v) is 14.1. The van der Waals surface area contributed by atoms with E-state index in [2.05, 4.69) is 13.8 Å². The van der Waals surface area contributed by atoms with E-state index in [1.54, 1.807) is 0 Å².